The standard InChI is InChI=1S/C11H13BrO3/c1-11(15-2,10(13)14)7-8-3-5-9(12)6-4-8/h3-6H,7H2,1-2H3,(H,13,14). The van der Waals surface area contributed by atoms with E-state index in [1.807, 2.05) is 24.3 Å². The second kappa shape index (κ2) is 4.77. The topological polar surface area (TPSA) is 46.5 Å². The lowest BCUT2D eigenvalue weighted by Gasteiger charge is -2.22. The van der Waals surface area contributed by atoms with Crippen molar-refractivity contribution in [2.45, 2.75) is 18.9 Å². The molecule has 0 aromatic heterocycles. The van der Waals surface area contributed by atoms with Crippen LogP contribution < -0.4 is 0 Å². The van der Waals surface area contributed by atoms with E-state index in [0.717, 1.165) is 10.0 Å². The average molecular weight is 273 g/mol. The molecular formula is C11H13BrO3. The molecule has 0 saturated carbocycles. The molecule has 82 valence electrons. The van der Waals surface area contributed by atoms with Crippen molar-refractivity contribution in [3.05, 3.63) is 34.3 Å². The fourth-order valence-electron chi connectivity index (χ4n) is 1.23. The van der Waals surface area contributed by atoms with Crippen molar-refractivity contribution < 1.29 is 14.6 Å². The summed E-state index contributed by atoms with van der Waals surface area (Å²) in [5.74, 6) is -0.951. The van der Waals surface area contributed by atoms with Crippen molar-refractivity contribution in [3.8, 4) is 0 Å². The number of halogens is 1. The van der Waals surface area contributed by atoms with Gasteiger partial charge in [-0.05, 0) is 24.6 Å². The summed E-state index contributed by atoms with van der Waals surface area (Å²) in [5, 5.41) is 9.01. The van der Waals surface area contributed by atoms with Crippen LogP contribution in [0.25, 0.3) is 0 Å². The van der Waals surface area contributed by atoms with Crippen molar-refractivity contribution in [3.63, 3.8) is 0 Å². The molecule has 1 aromatic carbocycles. The van der Waals surface area contributed by atoms with Gasteiger partial charge in [-0.2, -0.15) is 0 Å². The molecule has 4 heteroatoms. The summed E-state index contributed by atoms with van der Waals surface area (Å²) in [6.07, 6.45) is 0.353. The summed E-state index contributed by atoms with van der Waals surface area (Å²) in [5.41, 5.74) is -0.224. The second-order valence-electron chi connectivity index (χ2n) is 3.54. The van der Waals surface area contributed by atoms with E-state index in [9.17, 15) is 4.79 Å². The van der Waals surface area contributed by atoms with Crippen LogP contribution in [0.5, 0.6) is 0 Å². The van der Waals surface area contributed by atoms with E-state index in [0.29, 0.717) is 6.42 Å². The monoisotopic (exact) mass is 272 g/mol. The third-order valence-electron chi connectivity index (χ3n) is 2.36. The SMILES string of the molecule is COC(C)(Cc1ccc(Br)cc1)C(=O)O. The van der Waals surface area contributed by atoms with Crippen molar-refractivity contribution in [2.24, 2.45) is 0 Å². The molecule has 0 fully saturated rings. The highest BCUT2D eigenvalue weighted by molar-refractivity contribution is 9.10. The van der Waals surface area contributed by atoms with Crippen LogP contribution in [0, 0.1) is 0 Å². The van der Waals surface area contributed by atoms with E-state index in [-0.39, 0.29) is 0 Å². The smallest absolute Gasteiger partial charge is 0.336 e. The summed E-state index contributed by atoms with van der Waals surface area (Å²) in [6.45, 7) is 1.57. The quantitative estimate of drug-likeness (QED) is 0.916. The predicted molar refractivity (Wildman–Crippen MR) is 60.9 cm³/mol. The number of rotatable bonds is 4. The van der Waals surface area contributed by atoms with Crippen molar-refractivity contribution in [1.82, 2.24) is 0 Å². The highest BCUT2D eigenvalue weighted by Crippen LogP contribution is 2.19. The maximum absolute atomic E-state index is 11.0. The number of carboxylic acid groups (broad SMARTS) is 1. The molecule has 0 heterocycles. The van der Waals surface area contributed by atoms with Gasteiger partial charge in [0.1, 0.15) is 0 Å². The van der Waals surface area contributed by atoms with Crippen LogP contribution in [0.3, 0.4) is 0 Å². The van der Waals surface area contributed by atoms with Crippen LogP contribution >= 0.6 is 15.9 Å². The number of aliphatic carboxylic acids is 1. The van der Waals surface area contributed by atoms with Gasteiger partial charge in [0.2, 0.25) is 0 Å². The number of methoxy groups -OCH3 is 1. The second-order valence-corrected chi connectivity index (χ2v) is 4.46. The van der Waals surface area contributed by atoms with E-state index < -0.39 is 11.6 Å². The third-order valence-corrected chi connectivity index (χ3v) is 2.89. The van der Waals surface area contributed by atoms with Crippen molar-refractivity contribution >= 4 is 21.9 Å². The Kier molecular flexibility index (Phi) is 3.88. The molecule has 1 aromatic rings. The van der Waals surface area contributed by atoms with Crippen LogP contribution in [-0.4, -0.2) is 23.8 Å². The van der Waals surface area contributed by atoms with Gasteiger partial charge in [-0.1, -0.05) is 28.1 Å². The summed E-state index contributed by atoms with van der Waals surface area (Å²) in [4.78, 5) is 11.0. The number of carboxylic acids is 1. The maximum atomic E-state index is 11.0. The Bertz CT molecular complexity index is 347. The number of benzene rings is 1. The summed E-state index contributed by atoms with van der Waals surface area (Å²) < 4.78 is 6.00. The Balaban J connectivity index is 2.84. The number of carbonyl (C=O) groups is 1. The van der Waals surface area contributed by atoms with Gasteiger partial charge in [-0.25, -0.2) is 4.79 Å². The Morgan fingerprint density at radius 2 is 2.00 bits per heavy atom. The average Bonchev–Trinajstić information content (AvgIpc) is 2.21. The largest absolute Gasteiger partial charge is 0.479 e. The van der Waals surface area contributed by atoms with Gasteiger partial charge in [0.25, 0.3) is 0 Å². The minimum atomic E-state index is -1.16. The molecule has 0 amide bonds. The molecule has 3 nitrogen and oxygen atoms in total. The van der Waals surface area contributed by atoms with Gasteiger partial charge in [0.15, 0.2) is 5.60 Å². The Hall–Kier alpha value is -0.870. The van der Waals surface area contributed by atoms with E-state index in [1.165, 1.54) is 7.11 Å². The Morgan fingerprint density at radius 1 is 1.47 bits per heavy atom. The molecule has 1 rings (SSSR count). The molecule has 0 aliphatic heterocycles. The van der Waals surface area contributed by atoms with Crippen LogP contribution in [-0.2, 0) is 16.0 Å². The molecule has 0 spiro atoms. The molecule has 1 N–H and O–H groups in total. The molecule has 1 unspecified atom stereocenters. The van der Waals surface area contributed by atoms with Crippen molar-refractivity contribution in [1.29, 1.82) is 0 Å². The first-order chi connectivity index (χ1) is 6.98. The normalized spacial score (nSPS) is 14.6. The lowest BCUT2D eigenvalue weighted by Crippen LogP contribution is -2.39. The van der Waals surface area contributed by atoms with Gasteiger partial charge in [-0.15, -0.1) is 0 Å². The van der Waals surface area contributed by atoms with E-state index in [2.05, 4.69) is 15.9 Å². The molecule has 0 saturated heterocycles. The van der Waals surface area contributed by atoms with Crippen LogP contribution in [0.1, 0.15) is 12.5 Å². The van der Waals surface area contributed by atoms with E-state index >= 15 is 0 Å². The summed E-state index contributed by atoms with van der Waals surface area (Å²) in [7, 11) is 1.41. The van der Waals surface area contributed by atoms with Crippen LogP contribution in [0.4, 0.5) is 0 Å². The Morgan fingerprint density at radius 3 is 2.40 bits per heavy atom. The van der Waals surface area contributed by atoms with Crippen LogP contribution in [0.15, 0.2) is 28.7 Å². The van der Waals surface area contributed by atoms with Crippen LogP contribution in [0.2, 0.25) is 0 Å². The predicted octanol–water partition coefficient (Wildman–Crippen LogP) is 2.48. The minimum absolute atomic E-state index is 0.353. The fourth-order valence-corrected chi connectivity index (χ4v) is 1.49. The molecule has 15 heavy (non-hydrogen) atoms. The zero-order chi connectivity index (χ0) is 11.5. The summed E-state index contributed by atoms with van der Waals surface area (Å²) in [6, 6.07) is 7.52. The van der Waals surface area contributed by atoms with Gasteiger partial charge in [0.05, 0.1) is 0 Å². The molecule has 0 aliphatic rings. The fraction of sp³-hybridized carbons (Fsp3) is 0.364. The lowest BCUT2D eigenvalue weighted by atomic mass is 9.96. The van der Waals surface area contributed by atoms with E-state index in [4.69, 9.17) is 9.84 Å². The minimum Gasteiger partial charge on any atom is -0.479 e. The third kappa shape index (κ3) is 3.04. The summed E-state index contributed by atoms with van der Waals surface area (Å²) >= 11 is 3.32. The van der Waals surface area contributed by atoms with Gasteiger partial charge in [0, 0.05) is 18.0 Å². The lowest BCUT2D eigenvalue weighted by molar-refractivity contribution is -0.159. The number of ether oxygens (including phenoxy) is 1. The molecular weight excluding hydrogens is 260 g/mol. The van der Waals surface area contributed by atoms with Gasteiger partial charge < -0.3 is 9.84 Å². The zero-order valence-corrected chi connectivity index (χ0v) is 10.2. The van der Waals surface area contributed by atoms with E-state index in [1.54, 1.807) is 6.92 Å². The van der Waals surface area contributed by atoms with Crippen molar-refractivity contribution in [2.75, 3.05) is 7.11 Å². The number of hydrogen-bond acceptors (Lipinski definition) is 2. The first kappa shape index (κ1) is 12.2. The molecule has 1 atom stereocenters. The maximum Gasteiger partial charge on any atom is 0.336 e. The first-order valence-electron chi connectivity index (χ1n) is 4.51. The molecule has 0 radical (unpaired) electrons. The van der Waals surface area contributed by atoms with Gasteiger partial charge >= 0.3 is 5.97 Å². The van der Waals surface area contributed by atoms with Gasteiger partial charge in [-0.3, -0.25) is 0 Å². The highest BCUT2D eigenvalue weighted by atomic mass is 79.9. The zero-order valence-electron chi connectivity index (χ0n) is 8.66. The first-order valence-corrected chi connectivity index (χ1v) is 5.30. The molecule has 0 aliphatic carbocycles. The Labute approximate surface area is 97.2 Å². The number of hydrogen-bond donors (Lipinski definition) is 1. The molecule has 0 bridgehead atoms. The highest BCUT2D eigenvalue weighted by Gasteiger charge is 2.32.